The van der Waals surface area contributed by atoms with Gasteiger partial charge in [0.15, 0.2) is 0 Å². The van der Waals surface area contributed by atoms with Gasteiger partial charge in [-0.2, -0.15) is 0 Å². The number of methoxy groups -OCH3 is 1. The highest BCUT2D eigenvalue weighted by atomic mass is 16.5. The van der Waals surface area contributed by atoms with E-state index in [0.29, 0.717) is 19.6 Å². The van der Waals surface area contributed by atoms with Crippen LogP contribution in [0.5, 0.6) is 5.75 Å². The molecule has 1 aromatic carbocycles. The molecule has 0 heterocycles. The third kappa shape index (κ3) is 4.07. The number of rotatable bonds is 6. The van der Waals surface area contributed by atoms with Crippen molar-refractivity contribution in [1.29, 1.82) is 0 Å². The predicted octanol–water partition coefficient (Wildman–Crippen LogP) is 1.38. The second-order valence-electron chi connectivity index (χ2n) is 3.74. The van der Waals surface area contributed by atoms with Crippen molar-refractivity contribution in [3.05, 3.63) is 29.8 Å². The molecule has 0 aromatic heterocycles. The molecule has 0 saturated carbocycles. The Balaban J connectivity index is 2.63. The van der Waals surface area contributed by atoms with Gasteiger partial charge in [0.2, 0.25) is 0 Å². The van der Waals surface area contributed by atoms with E-state index in [2.05, 4.69) is 0 Å². The van der Waals surface area contributed by atoms with Crippen molar-refractivity contribution in [2.75, 3.05) is 20.3 Å². The van der Waals surface area contributed by atoms with Crippen molar-refractivity contribution in [3.63, 3.8) is 0 Å². The molecular formula is C13H19NO3. The molecule has 1 rings (SSSR count). The molecule has 4 nitrogen and oxygen atoms in total. The van der Waals surface area contributed by atoms with E-state index in [1.54, 1.807) is 14.0 Å². The van der Waals surface area contributed by atoms with Crippen LogP contribution in [0, 0.1) is 5.92 Å². The van der Waals surface area contributed by atoms with Gasteiger partial charge in [0, 0.05) is 6.54 Å². The number of carbonyl (C=O) groups is 1. The Morgan fingerprint density at radius 2 is 2.00 bits per heavy atom. The Morgan fingerprint density at radius 3 is 2.47 bits per heavy atom. The maximum absolute atomic E-state index is 11.6. The van der Waals surface area contributed by atoms with E-state index in [4.69, 9.17) is 15.2 Å². The Bertz CT molecular complexity index is 348. The topological polar surface area (TPSA) is 61.5 Å². The van der Waals surface area contributed by atoms with Gasteiger partial charge in [-0.1, -0.05) is 12.1 Å². The molecular weight excluding hydrogens is 218 g/mol. The van der Waals surface area contributed by atoms with Gasteiger partial charge in [-0.05, 0) is 31.0 Å². The molecule has 0 spiro atoms. The summed E-state index contributed by atoms with van der Waals surface area (Å²) in [6.07, 6.45) is 0.597. The lowest BCUT2D eigenvalue weighted by Crippen LogP contribution is -2.27. The second kappa shape index (κ2) is 6.91. The monoisotopic (exact) mass is 237 g/mol. The van der Waals surface area contributed by atoms with Crippen molar-refractivity contribution in [2.45, 2.75) is 13.3 Å². The van der Waals surface area contributed by atoms with Crippen LogP contribution in [0.2, 0.25) is 0 Å². The Labute approximate surface area is 102 Å². The number of hydrogen-bond acceptors (Lipinski definition) is 4. The van der Waals surface area contributed by atoms with E-state index in [0.717, 1.165) is 11.3 Å². The first-order valence-electron chi connectivity index (χ1n) is 5.70. The summed E-state index contributed by atoms with van der Waals surface area (Å²) < 4.78 is 10.0. The van der Waals surface area contributed by atoms with E-state index in [1.165, 1.54) is 0 Å². The van der Waals surface area contributed by atoms with Gasteiger partial charge in [-0.15, -0.1) is 0 Å². The number of benzene rings is 1. The lowest BCUT2D eigenvalue weighted by molar-refractivity contribution is -0.147. The first-order valence-corrected chi connectivity index (χ1v) is 5.70. The zero-order valence-corrected chi connectivity index (χ0v) is 10.3. The normalized spacial score (nSPS) is 11.9. The molecule has 1 aromatic rings. The van der Waals surface area contributed by atoms with E-state index < -0.39 is 0 Å². The Morgan fingerprint density at radius 1 is 1.35 bits per heavy atom. The molecule has 1 atom stereocenters. The van der Waals surface area contributed by atoms with Crippen molar-refractivity contribution in [2.24, 2.45) is 11.7 Å². The third-order valence-electron chi connectivity index (χ3n) is 2.55. The zero-order valence-electron chi connectivity index (χ0n) is 10.3. The fourth-order valence-electron chi connectivity index (χ4n) is 1.57. The molecule has 0 saturated heterocycles. The van der Waals surface area contributed by atoms with E-state index >= 15 is 0 Å². The Hall–Kier alpha value is -1.55. The second-order valence-corrected chi connectivity index (χ2v) is 3.74. The minimum Gasteiger partial charge on any atom is -0.497 e. The average molecular weight is 237 g/mol. The molecule has 0 fully saturated rings. The van der Waals surface area contributed by atoms with Crippen LogP contribution in [-0.2, 0) is 16.0 Å². The van der Waals surface area contributed by atoms with Gasteiger partial charge in [0.1, 0.15) is 5.75 Å². The van der Waals surface area contributed by atoms with Gasteiger partial charge < -0.3 is 15.2 Å². The molecule has 2 N–H and O–H groups in total. The van der Waals surface area contributed by atoms with Crippen LogP contribution in [0.25, 0.3) is 0 Å². The third-order valence-corrected chi connectivity index (χ3v) is 2.55. The molecule has 0 amide bonds. The summed E-state index contributed by atoms with van der Waals surface area (Å²) >= 11 is 0. The molecule has 94 valence electrons. The highest BCUT2D eigenvalue weighted by Crippen LogP contribution is 2.15. The first-order chi connectivity index (χ1) is 8.21. The van der Waals surface area contributed by atoms with Crippen LogP contribution >= 0.6 is 0 Å². The highest BCUT2D eigenvalue weighted by Gasteiger charge is 2.18. The fourth-order valence-corrected chi connectivity index (χ4v) is 1.57. The van der Waals surface area contributed by atoms with Crippen molar-refractivity contribution >= 4 is 5.97 Å². The quantitative estimate of drug-likeness (QED) is 0.759. The minimum atomic E-state index is -0.275. The lowest BCUT2D eigenvalue weighted by Gasteiger charge is -2.13. The van der Waals surface area contributed by atoms with E-state index in [-0.39, 0.29) is 11.9 Å². The molecule has 0 radical (unpaired) electrons. The molecule has 0 aliphatic carbocycles. The number of carbonyl (C=O) groups excluding carboxylic acids is 1. The van der Waals surface area contributed by atoms with Crippen LogP contribution in [0.4, 0.5) is 0 Å². The van der Waals surface area contributed by atoms with Crippen LogP contribution < -0.4 is 10.5 Å². The van der Waals surface area contributed by atoms with Gasteiger partial charge in [0.05, 0.1) is 19.6 Å². The zero-order chi connectivity index (χ0) is 12.7. The van der Waals surface area contributed by atoms with Gasteiger partial charge in [0.25, 0.3) is 0 Å². The lowest BCUT2D eigenvalue weighted by atomic mass is 9.99. The van der Waals surface area contributed by atoms with E-state index in [9.17, 15) is 4.79 Å². The summed E-state index contributed by atoms with van der Waals surface area (Å²) in [5, 5.41) is 0. The predicted molar refractivity (Wildman–Crippen MR) is 65.9 cm³/mol. The van der Waals surface area contributed by atoms with Crippen molar-refractivity contribution < 1.29 is 14.3 Å². The number of nitrogens with two attached hydrogens (primary N) is 1. The molecule has 0 aliphatic rings. The van der Waals surface area contributed by atoms with Crippen LogP contribution in [-0.4, -0.2) is 26.2 Å². The summed E-state index contributed by atoms with van der Waals surface area (Å²) in [5.74, 6) is 0.295. The summed E-state index contributed by atoms with van der Waals surface area (Å²) in [5.41, 5.74) is 6.63. The smallest absolute Gasteiger partial charge is 0.310 e. The summed E-state index contributed by atoms with van der Waals surface area (Å²) in [4.78, 5) is 11.6. The number of hydrogen-bond donors (Lipinski definition) is 1. The standard InChI is InChI=1S/C13H19NO3/c1-3-17-13(15)11(9-14)8-10-4-6-12(16-2)7-5-10/h4-7,11H,3,8-9,14H2,1-2H3. The van der Waals surface area contributed by atoms with Crippen LogP contribution in [0.3, 0.4) is 0 Å². The Kier molecular flexibility index (Phi) is 5.49. The largest absolute Gasteiger partial charge is 0.497 e. The molecule has 0 aliphatic heterocycles. The first kappa shape index (κ1) is 13.5. The van der Waals surface area contributed by atoms with Crippen LogP contribution in [0.1, 0.15) is 12.5 Å². The van der Waals surface area contributed by atoms with Gasteiger partial charge in [-0.25, -0.2) is 0 Å². The van der Waals surface area contributed by atoms with Crippen molar-refractivity contribution in [1.82, 2.24) is 0 Å². The molecule has 4 heteroatoms. The van der Waals surface area contributed by atoms with Gasteiger partial charge >= 0.3 is 5.97 Å². The van der Waals surface area contributed by atoms with Crippen molar-refractivity contribution in [3.8, 4) is 5.75 Å². The maximum Gasteiger partial charge on any atom is 0.310 e. The SMILES string of the molecule is CCOC(=O)C(CN)Cc1ccc(OC)cc1. The maximum atomic E-state index is 11.6. The molecule has 1 unspecified atom stereocenters. The van der Waals surface area contributed by atoms with Crippen LogP contribution in [0.15, 0.2) is 24.3 Å². The summed E-state index contributed by atoms with van der Waals surface area (Å²) in [6.45, 7) is 2.47. The summed E-state index contributed by atoms with van der Waals surface area (Å²) in [6, 6.07) is 7.60. The van der Waals surface area contributed by atoms with Gasteiger partial charge in [-0.3, -0.25) is 4.79 Å². The molecule has 0 bridgehead atoms. The number of esters is 1. The molecule has 17 heavy (non-hydrogen) atoms. The fraction of sp³-hybridized carbons (Fsp3) is 0.462. The minimum absolute atomic E-state index is 0.231. The summed E-state index contributed by atoms with van der Waals surface area (Å²) in [7, 11) is 1.62. The number of ether oxygens (including phenoxy) is 2. The average Bonchev–Trinajstić information content (AvgIpc) is 2.37. The highest BCUT2D eigenvalue weighted by molar-refractivity contribution is 5.73. The van der Waals surface area contributed by atoms with E-state index in [1.807, 2.05) is 24.3 Å².